The molecule has 0 radical (unpaired) electrons. The molecule has 0 bridgehead atoms. The highest BCUT2D eigenvalue weighted by atomic mass is 35.5. The van der Waals surface area contributed by atoms with E-state index in [-0.39, 0.29) is 4.90 Å². The molecule has 0 spiro atoms. The number of sulfonamides is 1. The Morgan fingerprint density at radius 2 is 1.94 bits per heavy atom. The molecule has 88 valence electrons. The number of hydrogen-bond donors (Lipinski definition) is 1. The van der Waals surface area contributed by atoms with Gasteiger partial charge >= 0.3 is 0 Å². The normalized spacial score (nSPS) is 14.2. The lowest BCUT2D eigenvalue weighted by atomic mass is 10.2. The van der Waals surface area contributed by atoms with E-state index in [0.717, 1.165) is 5.56 Å². The number of alkyl halides is 1. The molecule has 6 heteroatoms. The molecule has 4 nitrogen and oxygen atoms in total. The highest BCUT2D eigenvalue weighted by Gasteiger charge is 2.16. The van der Waals surface area contributed by atoms with Crippen molar-refractivity contribution in [1.29, 1.82) is 0 Å². The van der Waals surface area contributed by atoms with Crippen molar-refractivity contribution in [2.75, 3.05) is 7.05 Å². The van der Waals surface area contributed by atoms with Gasteiger partial charge in [-0.2, -0.15) is 4.72 Å². The topological polar surface area (TPSA) is 58.5 Å². The third-order valence-corrected chi connectivity index (χ3v) is 3.69. The van der Waals surface area contributed by atoms with E-state index in [1.165, 1.54) is 25.4 Å². The molecule has 0 fully saturated rings. The van der Waals surface area contributed by atoms with Crippen LogP contribution in [0.2, 0.25) is 0 Å². The quantitative estimate of drug-likeness (QED) is 0.507. The number of aryl methyl sites for hydroxylation is 1. The molecule has 0 aliphatic rings. The van der Waals surface area contributed by atoms with Crippen LogP contribution in [0.1, 0.15) is 5.56 Å². The van der Waals surface area contributed by atoms with Crippen LogP contribution in [0, 0.1) is 6.92 Å². The van der Waals surface area contributed by atoms with E-state index in [9.17, 15) is 8.42 Å². The largest absolute Gasteiger partial charge is 0.298 e. The van der Waals surface area contributed by atoms with Gasteiger partial charge in [-0.3, -0.25) is 4.99 Å². The summed E-state index contributed by atoms with van der Waals surface area (Å²) >= 11 is 5.71. The first-order valence-electron chi connectivity index (χ1n) is 4.61. The minimum atomic E-state index is -3.57. The van der Waals surface area contributed by atoms with Crippen LogP contribution >= 0.6 is 11.6 Å². The van der Waals surface area contributed by atoms with Crippen molar-refractivity contribution in [3.8, 4) is 0 Å². The third-order valence-electron chi connectivity index (χ3n) is 1.88. The molecule has 0 amide bonds. The summed E-state index contributed by atoms with van der Waals surface area (Å²) in [6.07, 6.45) is 1.31. The summed E-state index contributed by atoms with van der Waals surface area (Å²) in [5, 5.41) is 0. The van der Waals surface area contributed by atoms with Crippen LogP contribution < -0.4 is 4.72 Å². The molecular formula is C10H13ClN2O2S. The Balaban J connectivity index is 2.90. The number of nitrogens with zero attached hydrogens (tertiary/aromatic N) is 1. The van der Waals surface area contributed by atoms with E-state index in [0.29, 0.717) is 0 Å². The van der Waals surface area contributed by atoms with Crippen LogP contribution in [0.25, 0.3) is 0 Å². The second-order valence-electron chi connectivity index (χ2n) is 3.24. The molecule has 0 saturated heterocycles. The van der Waals surface area contributed by atoms with E-state index >= 15 is 0 Å². The summed E-state index contributed by atoms with van der Waals surface area (Å²) in [5.74, 6) is 0. The monoisotopic (exact) mass is 260 g/mol. The van der Waals surface area contributed by atoms with Crippen molar-refractivity contribution in [1.82, 2.24) is 4.72 Å². The molecule has 16 heavy (non-hydrogen) atoms. The lowest BCUT2D eigenvalue weighted by Crippen LogP contribution is -2.31. The van der Waals surface area contributed by atoms with Crippen LogP contribution in [0.5, 0.6) is 0 Å². The average molecular weight is 261 g/mol. The number of nitrogens with one attached hydrogen (secondary N) is 1. The van der Waals surface area contributed by atoms with Gasteiger partial charge in [0.25, 0.3) is 0 Å². The highest BCUT2D eigenvalue weighted by molar-refractivity contribution is 7.89. The molecule has 1 aromatic rings. The highest BCUT2D eigenvalue weighted by Crippen LogP contribution is 2.10. The second-order valence-corrected chi connectivity index (χ2v) is 5.43. The van der Waals surface area contributed by atoms with E-state index in [2.05, 4.69) is 9.71 Å². The molecule has 0 heterocycles. The molecule has 1 atom stereocenters. The van der Waals surface area contributed by atoms with Crippen molar-refractivity contribution < 1.29 is 8.42 Å². The van der Waals surface area contributed by atoms with Crippen LogP contribution in [0.15, 0.2) is 34.2 Å². The Morgan fingerprint density at radius 1 is 1.38 bits per heavy atom. The van der Waals surface area contributed by atoms with Crippen LogP contribution in [0.3, 0.4) is 0 Å². The van der Waals surface area contributed by atoms with Crippen molar-refractivity contribution in [2.45, 2.75) is 17.3 Å². The summed E-state index contributed by atoms with van der Waals surface area (Å²) in [4.78, 5) is 3.83. The fraction of sp³-hybridized carbons (Fsp3) is 0.300. The fourth-order valence-corrected chi connectivity index (χ4v) is 2.55. The predicted molar refractivity (Wildman–Crippen MR) is 65.6 cm³/mol. The van der Waals surface area contributed by atoms with Crippen molar-refractivity contribution in [2.24, 2.45) is 4.99 Å². The molecule has 0 aliphatic heterocycles. The second kappa shape index (κ2) is 5.43. The Kier molecular flexibility index (Phi) is 4.46. The molecule has 1 aromatic carbocycles. The first-order valence-corrected chi connectivity index (χ1v) is 6.53. The van der Waals surface area contributed by atoms with Gasteiger partial charge in [-0.05, 0) is 19.1 Å². The first kappa shape index (κ1) is 13.2. The maximum Gasteiger partial charge on any atom is 0.242 e. The molecular weight excluding hydrogens is 248 g/mol. The van der Waals surface area contributed by atoms with E-state index < -0.39 is 15.5 Å². The molecule has 0 saturated carbocycles. The fourth-order valence-electron chi connectivity index (χ4n) is 1.09. The number of benzene rings is 1. The van der Waals surface area contributed by atoms with Gasteiger partial charge in [0.2, 0.25) is 10.0 Å². The van der Waals surface area contributed by atoms with Gasteiger partial charge in [0.15, 0.2) is 0 Å². The van der Waals surface area contributed by atoms with Crippen LogP contribution in [0.4, 0.5) is 0 Å². The lowest BCUT2D eigenvalue weighted by Gasteiger charge is -2.08. The summed E-state index contributed by atoms with van der Waals surface area (Å²) in [6, 6.07) is 6.52. The number of halogens is 1. The summed E-state index contributed by atoms with van der Waals surface area (Å²) in [6.45, 7) is 1.89. The van der Waals surface area contributed by atoms with E-state index in [4.69, 9.17) is 11.6 Å². The van der Waals surface area contributed by atoms with E-state index in [1.807, 2.05) is 6.92 Å². The van der Waals surface area contributed by atoms with Gasteiger partial charge < -0.3 is 0 Å². The Labute approximate surface area is 100 Å². The van der Waals surface area contributed by atoms with Gasteiger partial charge in [-0.1, -0.05) is 29.3 Å². The Hall–Kier alpha value is -0.910. The van der Waals surface area contributed by atoms with Crippen molar-refractivity contribution >= 4 is 27.8 Å². The molecule has 1 unspecified atom stereocenters. The lowest BCUT2D eigenvalue weighted by molar-refractivity contribution is 0.584. The number of rotatable bonds is 4. The average Bonchev–Trinajstić information content (AvgIpc) is 2.17. The van der Waals surface area contributed by atoms with Crippen LogP contribution in [-0.4, -0.2) is 27.2 Å². The summed E-state index contributed by atoms with van der Waals surface area (Å²) in [5.41, 5.74) is 0.160. The Bertz CT molecular complexity index is 468. The number of aliphatic imine (C=N–C) groups is 1. The third kappa shape index (κ3) is 3.59. The minimum Gasteiger partial charge on any atom is -0.298 e. The Morgan fingerprint density at radius 3 is 2.44 bits per heavy atom. The molecule has 1 N–H and O–H groups in total. The molecule has 0 aliphatic carbocycles. The molecule has 0 aromatic heterocycles. The van der Waals surface area contributed by atoms with Gasteiger partial charge in [0.1, 0.15) is 5.50 Å². The summed E-state index contributed by atoms with van der Waals surface area (Å²) in [7, 11) is -2.05. The zero-order chi connectivity index (χ0) is 12.2. The zero-order valence-corrected chi connectivity index (χ0v) is 10.6. The smallest absolute Gasteiger partial charge is 0.242 e. The molecule has 1 rings (SSSR count). The first-order chi connectivity index (χ1) is 7.45. The van der Waals surface area contributed by atoms with Crippen molar-refractivity contribution in [3.63, 3.8) is 0 Å². The van der Waals surface area contributed by atoms with Crippen LogP contribution in [-0.2, 0) is 10.0 Å². The number of hydrogen-bond acceptors (Lipinski definition) is 3. The SMILES string of the molecule is CN=CC(Cl)NS(=O)(=O)c1ccc(C)cc1. The predicted octanol–water partition coefficient (Wildman–Crippen LogP) is 1.54. The zero-order valence-electron chi connectivity index (χ0n) is 9.01. The van der Waals surface area contributed by atoms with Gasteiger partial charge in [-0.25, -0.2) is 8.42 Å². The maximum atomic E-state index is 11.8. The summed E-state index contributed by atoms with van der Waals surface area (Å²) < 4.78 is 25.8. The van der Waals surface area contributed by atoms with E-state index in [1.54, 1.807) is 12.1 Å². The van der Waals surface area contributed by atoms with Gasteiger partial charge in [0, 0.05) is 13.3 Å². The van der Waals surface area contributed by atoms with Gasteiger partial charge in [0.05, 0.1) is 4.90 Å². The minimum absolute atomic E-state index is 0.188. The standard InChI is InChI=1S/C10H13ClN2O2S/c1-8-3-5-9(6-4-8)16(14,15)13-10(11)7-12-2/h3-7,10,13H,1-2H3. The van der Waals surface area contributed by atoms with Crippen molar-refractivity contribution in [3.05, 3.63) is 29.8 Å². The van der Waals surface area contributed by atoms with Gasteiger partial charge in [-0.15, -0.1) is 0 Å². The maximum absolute atomic E-state index is 11.8.